The van der Waals surface area contributed by atoms with E-state index >= 15 is 0 Å². The molecule has 2 rings (SSSR count). The molecule has 23 heavy (non-hydrogen) atoms. The van der Waals surface area contributed by atoms with Crippen LogP contribution in [0.25, 0.3) is 0 Å². The number of rotatable bonds is 7. The third-order valence-corrected chi connectivity index (χ3v) is 6.55. The molecule has 1 saturated heterocycles. The molecule has 0 amide bonds. The van der Waals surface area contributed by atoms with Crippen molar-refractivity contribution in [3.05, 3.63) is 17.5 Å². The zero-order valence-electron chi connectivity index (χ0n) is 14.9. The lowest BCUT2D eigenvalue weighted by molar-refractivity contribution is 0.334. The van der Waals surface area contributed by atoms with Gasteiger partial charge in [0.15, 0.2) is 0 Å². The minimum absolute atomic E-state index is 0.150. The largest absolute Gasteiger partial charge is 0.304 e. The highest BCUT2D eigenvalue weighted by molar-refractivity contribution is 7.86. The van der Waals surface area contributed by atoms with Gasteiger partial charge in [-0.15, -0.1) is 0 Å². The van der Waals surface area contributed by atoms with Crippen LogP contribution in [0.2, 0.25) is 0 Å². The number of aryl methyl sites for hydroxylation is 1. The topological polar surface area (TPSA) is 61.7 Å². The predicted octanol–water partition coefficient (Wildman–Crippen LogP) is 1.21. The van der Waals surface area contributed by atoms with Crippen LogP contribution in [0.5, 0.6) is 0 Å². The third kappa shape index (κ3) is 3.76. The second-order valence-electron chi connectivity index (χ2n) is 6.28. The highest BCUT2D eigenvalue weighted by atomic mass is 32.2. The first-order chi connectivity index (χ1) is 10.8. The van der Waals surface area contributed by atoms with E-state index in [0.717, 1.165) is 30.8 Å². The standard InChI is InChI=1S/C15H29N5O2S/c1-6-19(7-2)23(21,22)20-10-8-9-15(20)14-11-13(12-17(3)4)18(5)16-14/h11,15H,6-10,12H2,1-5H3. The summed E-state index contributed by atoms with van der Waals surface area (Å²) < 4.78 is 30.7. The number of hydrogen-bond acceptors (Lipinski definition) is 4. The van der Waals surface area contributed by atoms with E-state index in [-0.39, 0.29) is 6.04 Å². The molecule has 1 aromatic rings. The fourth-order valence-electron chi connectivity index (χ4n) is 3.18. The molecule has 0 radical (unpaired) electrons. The molecule has 7 nitrogen and oxygen atoms in total. The summed E-state index contributed by atoms with van der Waals surface area (Å²) in [6.45, 7) is 6.11. The molecule has 0 spiro atoms. The Hall–Kier alpha value is -0.960. The van der Waals surface area contributed by atoms with Gasteiger partial charge >= 0.3 is 0 Å². The molecule has 0 bridgehead atoms. The molecule has 1 aromatic heterocycles. The van der Waals surface area contributed by atoms with Gasteiger partial charge in [0.05, 0.1) is 17.4 Å². The molecule has 132 valence electrons. The smallest absolute Gasteiger partial charge is 0.282 e. The molecule has 8 heteroatoms. The summed E-state index contributed by atoms with van der Waals surface area (Å²) in [6, 6.07) is 1.89. The van der Waals surface area contributed by atoms with Crippen molar-refractivity contribution in [3.63, 3.8) is 0 Å². The summed E-state index contributed by atoms with van der Waals surface area (Å²) in [5.41, 5.74) is 1.95. The maximum Gasteiger partial charge on any atom is 0.282 e. The average molecular weight is 343 g/mol. The van der Waals surface area contributed by atoms with Gasteiger partial charge in [-0.05, 0) is 33.0 Å². The van der Waals surface area contributed by atoms with Gasteiger partial charge in [0.25, 0.3) is 10.2 Å². The van der Waals surface area contributed by atoms with E-state index in [2.05, 4.69) is 10.00 Å². The number of hydrogen-bond donors (Lipinski definition) is 0. The highest BCUT2D eigenvalue weighted by Crippen LogP contribution is 2.34. The fourth-order valence-corrected chi connectivity index (χ4v) is 5.02. The Balaban J connectivity index is 2.29. The molecule has 0 aliphatic carbocycles. The molecule has 0 saturated carbocycles. The van der Waals surface area contributed by atoms with Crippen LogP contribution in [0.4, 0.5) is 0 Å². The average Bonchev–Trinajstić information content (AvgIpc) is 3.07. The van der Waals surface area contributed by atoms with E-state index in [4.69, 9.17) is 0 Å². The fraction of sp³-hybridized carbons (Fsp3) is 0.800. The monoisotopic (exact) mass is 343 g/mol. The van der Waals surface area contributed by atoms with Crippen molar-refractivity contribution in [3.8, 4) is 0 Å². The SMILES string of the molecule is CCN(CC)S(=O)(=O)N1CCCC1c1cc(CN(C)C)n(C)n1. The van der Waals surface area contributed by atoms with Crippen molar-refractivity contribution < 1.29 is 8.42 Å². The molecule has 1 aliphatic heterocycles. The second-order valence-corrected chi connectivity index (χ2v) is 8.16. The number of aromatic nitrogens is 2. The van der Waals surface area contributed by atoms with Crippen molar-refractivity contribution in [2.45, 2.75) is 39.3 Å². The summed E-state index contributed by atoms with van der Waals surface area (Å²) in [4.78, 5) is 2.08. The van der Waals surface area contributed by atoms with E-state index in [1.807, 2.05) is 45.7 Å². The highest BCUT2D eigenvalue weighted by Gasteiger charge is 2.39. The lowest BCUT2D eigenvalue weighted by atomic mass is 10.1. The molecule has 1 unspecified atom stereocenters. The van der Waals surface area contributed by atoms with Gasteiger partial charge in [-0.2, -0.15) is 22.1 Å². The van der Waals surface area contributed by atoms with Crippen LogP contribution in [0.15, 0.2) is 6.07 Å². The van der Waals surface area contributed by atoms with Crippen LogP contribution in [0.3, 0.4) is 0 Å². The quantitative estimate of drug-likeness (QED) is 0.746. The van der Waals surface area contributed by atoms with Crippen molar-refractivity contribution in [1.29, 1.82) is 0 Å². The van der Waals surface area contributed by atoms with Crippen LogP contribution < -0.4 is 0 Å². The van der Waals surface area contributed by atoms with E-state index in [9.17, 15) is 8.42 Å². The Morgan fingerprint density at radius 3 is 2.52 bits per heavy atom. The van der Waals surface area contributed by atoms with E-state index in [0.29, 0.717) is 19.6 Å². The van der Waals surface area contributed by atoms with E-state index < -0.39 is 10.2 Å². The van der Waals surface area contributed by atoms with E-state index in [1.54, 1.807) is 4.31 Å². The number of nitrogens with zero attached hydrogens (tertiary/aromatic N) is 5. The van der Waals surface area contributed by atoms with Crippen LogP contribution in [-0.4, -0.2) is 65.4 Å². The third-order valence-electron chi connectivity index (χ3n) is 4.35. The van der Waals surface area contributed by atoms with Gasteiger partial charge in [0.2, 0.25) is 0 Å². The first kappa shape index (κ1) is 18.4. The van der Waals surface area contributed by atoms with Gasteiger partial charge in [-0.3, -0.25) is 4.68 Å². The van der Waals surface area contributed by atoms with Gasteiger partial charge < -0.3 is 4.90 Å². The van der Waals surface area contributed by atoms with Gasteiger partial charge in [-0.1, -0.05) is 13.8 Å². The first-order valence-corrected chi connectivity index (χ1v) is 9.65. The molecule has 1 fully saturated rings. The first-order valence-electron chi connectivity index (χ1n) is 8.25. The Labute approximate surface area is 140 Å². The maximum atomic E-state index is 12.9. The minimum atomic E-state index is -3.42. The van der Waals surface area contributed by atoms with Gasteiger partial charge in [-0.25, -0.2) is 0 Å². The van der Waals surface area contributed by atoms with Crippen LogP contribution in [-0.2, 0) is 23.8 Å². The summed E-state index contributed by atoms with van der Waals surface area (Å²) in [6.07, 6.45) is 1.71. The molecule has 2 heterocycles. The van der Waals surface area contributed by atoms with Crippen LogP contribution in [0, 0.1) is 0 Å². The Morgan fingerprint density at radius 1 is 1.30 bits per heavy atom. The summed E-state index contributed by atoms with van der Waals surface area (Å²) in [5, 5.41) is 4.59. The predicted molar refractivity (Wildman–Crippen MR) is 91.1 cm³/mol. The second kappa shape index (κ2) is 7.29. The molecular weight excluding hydrogens is 314 g/mol. The zero-order valence-corrected chi connectivity index (χ0v) is 15.7. The summed E-state index contributed by atoms with van der Waals surface area (Å²) in [5.74, 6) is 0. The van der Waals surface area contributed by atoms with Crippen molar-refractivity contribution >= 4 is 10.2 Å². The van der Waals surface area contributed by atoms with Gasteiger partial charge in [0.1, 0.15) is 0 Å². The molecule has 0 N–H and O–H groups in total. The van der Waals surface area contributed by atoms with Gasteiger partial charge in [0, 0.05) is 33.2 Å². The molecule has 0 aromatic carbocycles. The Kier molecular flexibility index (Phi) is 5.83. The zero-order chi connectivity index (χ0) is 17.2. The van der Waals surface area contributed by atoms with Crippen LogP contribution >= 0.6 is 0 Å². The molecule has 1 atom stereocenters. The maximum absolute atomic E-state index is 12.9. The molecular formula is C15H29N5O2S. The van der Waals surface area contributed by atoms with Crippen molar-refractivity contribution in [2.75, 3.05) is 33.7 Å². The normalized spacial score (nSPS) is 20.0. The van der Waals surface area contributed by atoms with Crippen molar-refractivity contribution in [2.24, 2.45) is 7.05 Å². The minimum Gasteiger partial charge on any atom is -0.304 e. The lowest BCUT2D eigenvalue weighted by Crippen LogP contribution is -2.43. The van der Waals surface area contributed by atoms with Crippen molar-refractivity contribution in [1.82, 2.24) is 23.3 Å². The van der Waals surface area contributed by atoms with Crippen LogP contribution in [0.1, 0.15) is 44.1 Å². The molecule has 1 aliphatic rings. The van der Waals surface area contributed by atoms with E-state index in [1.165, 1.54) is 4.31 Å². The summed E-state index contributed by atoms with van der Waals surface area (Å²) in [7, 11) is 2.53. The summed E-state index contributed by atoms with van der Waals surface area (Å²) >= 11 is 0. The Morgan fingerprint density at radius 2 is 1.96 bits per heavy atom. The lowest BCUT2D eigenvalue weighted by Gasteiger charge is -2.29. The Bertz CT molecular complexity index is 622.